The molecule has 1 saturated carbocycles. The summed E-state index contributed by atoms with van der Waals surface area (Å²) in [6, 6.07) is 4.08. The predicted octanol–water partition coefficient (Wildman–Crippen LogP) is 3.39. The van der Waals surface area contributed by atoms with Crippen molar-refractivity contribution in [2.75, 3.05) is 46.6 Å². The molecule has 0 spiro atoms. The van der Waals surface area contributed by atoms with E-state index in [-0.39, 0.29) is 41.5 Å². The summed E-state index contributed by atoms with van der Waals surface area (Å²) in [6.07, 6.45) is 1.77. The molecule has 0 aromatic heterocycles. The Labute approximate surface area is 182 Å². The van der Waals surface area contributed by atoms with Gasteiger partial charge in [-0.1, -0.05) is 6.07 Å². The monoisotopic (exact) mass is 509 g/mol. The Morgan fingerprint density at radius 1 is 1.29 bits per heavy atom. The fraction of sp³-hybridized carbons (Fsp3) is 0.650. The largest absolute Gasteiger partial charge is 0.382 e. The van der Waals surface area contributed by atoms with Crippen LogP contribution in [0.25, 0.3) is 0 Å². The van der Waals surface area contributed by atoms with Gasteiger partial charge in [0.05, 0.1) is 19.8 Å². The highest BCUT2D eigenvalue weighted by atomic mass is 127. The van der Waals surface area contributed by atoms with Gasteiger partial charge in [0.2, 0.25) is 0 Å². The van der Waals surface area contributed by atoms with Crippen LogP contribution < -0.4 is 5.32 Å². The Morgan fingerprint density at radius 3 is 2.71 bits per heavy atom. The molecule has 3 rings (SSSR count). The first-order chi connectivity index (χ1) is 13.1. The molecule has 1 aromatic rings. The Bertz CT molecular complexity index is 642. The van der Waals surface area contributed by atoms with Gasteiger partial charge in [-0.25, -0.2) is 8.78 Å². The number of halogens is 3. The van der Waals surface area contributed by atoms with Gasteiger partial charge in [-0.3, -0.25) is 4.99 Å². The van der Waals surface area contributed by atoms with E-state index >= 15 is 0 Å². The number of guanidine groups is 1. The van der Waals surface area contributed by atoms with Crippen LogP contribution in [0.4, 0.5) is 8.78 Å². The average molecular weight is 509 g/mol. The Balaban J connectivity index is 0.00000280. The molecule has 5 nitrogen and oxygen atoms in total. The zero-order valence-electron chi connectivity index (χ0n) is 16.5. The van der Waals surface area contributed by atoms with Crippen LogP contribution in [-0.2, 0) is 9.47 Å². The zero-order chi connectivity index (χ0) is 19.2. The fourth-order valence-corrected chi connectivity index (χ4v) is 3.64. The van der Waals surface area contributed by atoms with E-state index in [9.17, 15) is 8.78 Å². The lowest BCUT2D eigenvalue weighted by Crippen LogP contribution is -2.42. The maximum absolute atomic E-state index is 14.0. The first kappa shape index (κ1) is 23.3. The second-order valence-electron chi connectivity index (χ2n) is 7.19. The maximum Gasteiger partial charge on any atom is 0.194 e. The van der Waals surface area contributed by atoms with Crippen molar-refractivity contribution < 1.29 is 18.3 Å². The van der Waals surface area contributed by atoms with Gasteiger partial charge in [0.1, 0.15) is 11.6 Å². The molecular weight excluding hydrogens is 479 g/mol. The van der Waals surface area contributed by atoms with Crippen molar-refractivity contribution in [1.29, 1.82) is 0 Å². The number of rotatable bonds is 8. The molecule has 3 unspecified atom stereocenters. The van der Waals surface area contributed by atoms with E-state index < -0.39 is 11.6 Å². The molecule has 0 radical (unpaired) electrons. The predicted molar refractivity (Wildman–Crippen MR) is 116 cm³/mol. The van der Waals surface area contributed by atoms with Gasteiger partial charge in [0.15, 0.2) is 5.96 Å². The van der Waals surface area contributed by atoms with Crippen molar-refractivity contribution >= 4 is 29.9 Å². The second kappa shape index (κ2) is 11.3. The van der Waals surface area contributed by atoms with Crippen molar-refractivity contribution in [3.8, 4) is 0 Å². The topological polar surface area (TPSA) is 46.1 Å². The molecule has 0 bridgehead atoms. The lowest BCUT2D eigenvalue weighted by Gasteiger charge is -2.22. The third-order valence-corrected chi connectivity index (χ3v) is 5.15. The number of hydrogen-bond acceptors (Lipinski definition) is 3. The van der Waals surface area contributed by atoms with E-state index in [2.05, 4.69) is 15.2 Å². The van der Waals surface area contributed by atoms with E-state index in [4.69, 9.17) is 9.47 Å². The van der Waals surface area contributed by atoms with Crippen molar-refractivity contribution in [2.45, 2.75) is 31.7 Å². The molecule has 158 valence electrons. The van der Waals surface area contributed by atoms with Gasteiger partial charge < -0.3 is 19.7 Å². The summed E-state index contributed by atoms with van der Waals surface area (Å²) in [7, 11) is 1.66. The van der Waals surface area contributed by atoms with E-state index in [0.717, 1.165) is 31.9 Å². The van der Waals surface area contributed by atoms with Crippen molar-refractivity contribution in [1.82, 2.24) is 10.2 Å². The van der Waals surface area contributed by atoms with Gasteiger partial charge in [-0.15, -0.1) is 24.0 Å². The second-order valence-corrected chi connectivity index (χ2v) is 7.19. The molecule has 28 heavy (non-hydrogen) atoms. The van der Waals surface area contributed by atoms with Crippen LogP contribution in [-0.4, -0.2) is 63.5 Å². The molecule has 0 amide bonds. The van der Waals surface area contributed by atoms with Gasteiger partial charge in [-0.05, 0) is 31.9 Å². The van der Waals surface area contributed by atoms with Crippen LogP contribution in [0.1, 0.15) is 31.2 Å². The summed E-state index contributed by atoms with van der Waals surface area (Å²) in [5.74, 6) is 0.232. The molecule has 2 aliphatic rings. The Hall–Kier alpha value is -1.00. The molecule has 1 heterocycles. The summed E-state index contributed by atoms with van der Waals surface area (Å²) in [5.41, 5.74) is 0.191. The third-order valence-electron chi connectivity index (χ3n) is 5.15. The number of nitrogens with zero attached hydrogens (tertiary/aromatic N) is 2. The van der Waals surface area contributed by atoms with Gasteiger partial charge in [-0.2, -0.15) is 0 Å². The highest BCUT2D eigenvalue weighted by Gasteiger charge is 2.43. The van der Waals surface area contributed by atoms with E-state index in [1.165, 1.54) is 18.2 Å². The van der Waals surface area contributed by atoms with Gasteiger partial charge in [0, 0.05) is 50.2 Å². The molecular formula is C20H30F2IN3O2. The van der Waals surface area contributed by atoms with Crippen LogP contribution in [0.3, 0.4) is 0 Å². The summed E-state index contributed by atoms with van der Waals surface area (Å²) >= 11 is 0. The molecule has 1 aromatic carbocycles. The molecule has 1 saturated heterocycles. The summed E-state index contributed by atoms with van der Waals surface area (Å²) in [6.45, 7) is 6.38. The molecule has 3 atom stereocenters. The minimum atomic E-state index is -0.465. The number of ether oxygens (including phenoxy) is 2. The average Bonchev–Trinajstić information content (AvgIpc) is 3.22. The van der Waals surface area contributed by atoms with E-state index in [1.807, 2.05) is 6.92 Å². The first-order valence-corrected chi connectivity index (χ1v) is 9.70. The highest BCUT2D eigenvalue weighted by Crippen LogP contribution is 2.43. The Kier molecular flexibility index (Phi) is 9.36. The molecule has 1 aliphatic heterocycles. The fourth-order valence-electron chi connectivity index (χ4n) is 3.64. The number of benzene rings is 1. The summed E-state index contributed by atoms with van der Waals surface area (Å²) in [5, 5.41) is 3.42. The minimum Gasteiger partial charge on any atom is -0.382 e. The summed E-state index contributed by atoms with van der Waals surface area (Å²) in [4.78, 5) is 6.81. The molecule has 1 N–H and O–H groups in total. The van der Waals surface area contributed by atoms with Crippen molar-refractivity contribution in [2.24, 2.45) is 10.9 Å². The van der Waals surface area contributed by atoms with Gasteiger partial charge in [0.25, 0.3) is 0 Å². The summed E-state index contributed by atoms with van der Waals surface area (Å²) < 4.78 is 38.6. The number of methoxy groups -OCH3 is 1. The molecule has 8 heteroatoms. The van der Waals surface area contributed by atoms with Crippen LogP contribution in [0.5, 0.6) is 0 Å². The molecule has 1 aliphatic carbocycles. The standard InChI is InChI=1S/C20H29F2N3O2.HI/c1-3-23-20(25-8-7-14(12-25)13-27-10-9-26-2)24-18-11-15(18)19-16(21)5-4-6-17(19)22;/h4-6,14-15,18H,3,7-13H2,1-2H3,(H,23,24);1H. The third kappa shape index (κ3) is 6.00. The number of likely N-dealkylation sites (tertiary alicyclic amines) is 1. The van der Waals surface area contributed by atoms with E-state index in [1.54, 1.807) is 7.11 Å². The van der Waals surface area contributed by atoms with E-state index in [0.29, 0.717) is 32.3 Å². The van der Waals surface area contributed by atoms with Gasteiger partial charge >= 0.3 is 0 Å². The quantitative estimate of drug-likeness (QED) is 0.253. The minimum absolute atomic E-state index is 0. The normalized spacial score (nSPS) is 24.2. The van der Waals surface area contributed by atoms with Crippen LogP contribution >= 0.6 is 24.0 Å². The van der Waals surface area contributed by atoms with Crippen molar-refractivity contribution in [3.05, 3.63) is 35.4 Å². The Morgan fingerprint density at radius 2 is 2.04 bits per heavy atom. The SMILES string of the molecule is CCN=C(NC1CC1c1c(F)cccc1F)N1CCC(COCCOC)C1.I. The van der Waals surface area contributed by atoms with Crippen molar-refractivity contribution in [3.63, 3.8) is 0 Å². The highest BCUT2D eigenvalue weighted by molar-refractivity contribution is 14.0. The van der Waals surface area contributed by atoms with Crippen LogP contribution in [0, 0.1) is 17.6 Å². The molecule has 2 fully saturated rings. The number of hydrogen-bond donors (Lipinski definition) is 1. The smallest absolute Gasteiger partial charge is 0.194 e. The lowest BCUT2D eigenvalue weighted by atomic mass is 10.1. The van der Waals surface area contributed by atoms with Crippen LogP contribution in [0.15, 0.2) is 23.2 Å². The first-order valence-electron chi connectivity index (χ1n) is 9.70. The zero-order valence-corrected chi connectivity index (χ0v) is 18.8. The number of nitrogens with one attached hydrogen (secondary N) is 1. The maximum atomic E-state index is 14.0. The number of aliphatic imine (C=N–C) groups is 1. The van der Waals surface area contributed by atoms with Crippen LogP contribution in [0.2, 0.25) is 0 Å². The lowest BCUT2D eigenvalue weighted by molar-refractivity contribution is 0.0536.